The van der Waals surface area contributed by atoms with Crippen LogP contribution in [0.15, 0.2) is 71.1 Å². The van der Waals surface area contributed by atoms with Crippen molar-refractivity contribution in [3.63, 3.8) is 0 Å². The third kappa shape index (κ3) is 7.01. The first-order valence-corrected chi connectivity index (χ1v) is 12.2. The summed E-state index contributed by atoms with van der Waals surface area (Å²) in [4.78, 5) is 0.128. The molecule has 2 rings (SSSR count). The van der Waals surface area contributed by atoms with Gasteiger partial charge in [-0.25, -0.2) is 8.42 Å². The molecule has 0 aliphatic rings. The standard InChI is InChI=1S/C22H26Cl3NO2S/c1-3-5-10-17(9-4-2)21(18-11-7-6-8-12-18)26-29(27,28)20-15-13-19(14-16-20)22(23,24)25/h6-8,10-16,21,26H,3-5,9H2,1-2H3/b17-10+/t21-/m1/s1. The second-order valence-electron chi connectivity index (χ2n) is 6.80. The molecule has 0 aliphatic heterocycles. The Morgan fingerprint density at radius 1 is 1.00 bits per heavy atom. The van der Waals surface area contributed by atoms with E-state index in [0.29, 0.717) is 5.56 Å². The number of sulfonamides is 1. The monoisotopic (exact) mass is 473 g/mol. The number of alkyl halides is 3. The van der Waals surface area contributed by atoms with Crippen molar-refractivity contribution >= 4 is 44.8 Å². The Kier molecular flexibility index (Phi) is 9.05. The molecule has 0 radical (unpaired) electrons. The normalized spacial score (nSPS) is 14.0. The van der Waals surface area contributed by atoms with Gasteiger partial charge in [-0.05, 0) is 30.5 Å². The van der Waals surface area contributed by atoms with E-state index in [9.17, 15) is 8.42 Å². The van der Waals surface area contributed by atoms with Crippen LogP contribution in [0, 0.1) is 0 Å². The Hall–Kier alpha value is -1.04. The van der Waals surface area contributed by atoms with Crippen LogP contribution < -0.4 is 4.72 Å². The Bertz CT molecular complexity index is 905. The summed E-state index contributed by atoms with van der Waals surface area (Å²) < 4.78 is 27.5. The molecule has 3 nitrogen and oxygen atoms in total. The van der Waals surface area contributed by atoms with Crippen LogP contribution in [0.4, 0.5) is 0 Å². The SMILES string of the molecule is CCC/C=C(\CCC)[C@@H](NS(=O)(=O)c1ccc(C(Cl)(Cl)Cl)cc1)c1ccccc1. The van der Waals surface area contributed by atoms with E-state index in [0.717, 1.165) is 36.8 Å². The summed E-state index contributed by atoms with van der Waals surface area (Å²) in [7, 11) is -3.78. The Morgan fingerprint density at radius 2 is 1.62 bits per heavy atom. The number of benzene rings is 2. The minimum atomic E-state index is -3.78. The molecule has 0 aromatic heterocycles. The number of unbranched alkanes of at least 4 members (excludes halogenated alkanes) is 1. The lowest BCUT2D eigenvalue weighted by Gasteiger charge is -2.23. The molecule has 0 bridgehead atoms. The van der Waals surface area contributed by atoms with Crippen molar-refractivity contribution in [3.05, 3.63) is 77.4 Å². The quantitative estimate of drug-likeness (QED) is 0.312. The Labute approximate surface area is 189 Å². The van der Waals surface area contributed by atoms with E-state index in [4.69, 9.17) is 34.8 Å². The molecule has 1 atom stereocenters. The molecule has 0 amide bonds. The lowest BCUT2D eigenvalue weighted by molar-refractivity contribution is 0.566. The van der Waals surface area contributed by atoms with E-state index in [-0.39, 0.29) is 4.90 Å². The van der Waals surface area contributed by atoms with Gasteiger partial charge in [0.1, 0.15) is 0 Å². The summed E-state index contributed by atoms with van der Waals surface area (Å²) in [6.07, 6.45) is 5.79. The van der Waals surface area contributed by atoms with Crippen LogP contribution in [0.25, 0.3) is 0 Å². The Balaban J connectivity index is 2.41. The van der Waals surface area contributed by atoms with E-state index in [2.05, 4.69) is 24.6 Å². The van der Waals surface area contributed by atoms with Crippen LogP contribution in [-0.4, -0.2) is 8.42 Å². The topological polar surface area (TPSA) is 46.2 Å². The largest absolute Gasteiger partial charge is 0.241 e. The van der Waals surface area contributed by atoms with Crippen LogP contribution in [0.3, 0.4) is 0 Å². The van der Waals surface area contributed by atoms with Crippen molar-refractivity contribution in [1.29, 1.82) is 0 Å². The Morgan fingerprint density at radius 3 is 2.14 bits per heavy atom. The van der Waals surface area contributed by atoms with Crippen LogP contribution in [0.1, 0.15) is 56.7 Å². The molecule has 0 saturated heterocycles. The summed E-state index contributed by atoms with van der Waals surface area (Å²) in [6, 6.07) is 15.1. The van der Waals surface area contributed by atoms with Gasteiger partial charge < -0.3 is 0 Å². The van der Waals surface area contributed by atoms with Crippen molar-refractivity contribution < 1.29 is 8.42 Å². The molecule has 0 fully saturated rings. The molecule has 2 aromatic carbocycles. The second-order valence-corrected chi connectivity index (χ2v) is 10.8. The minimum Gasteiger partial charge on any atom is -0.207 e. The van der Waals surface area contributed by atoms with E-state index in [1.807, 2.05) is 30.3 Å². The van der Waals surface area contributed by atoms with Gasteiger partial charge in [0.05, 0.1) is 10.9 Å². The van der Waals surface area contributed by atoms with Gasteiger partial charge in [0.15, 0.2) is 0 Å². The van der Waals surface area contributed by atoms with Crippen molar-refractivity contribution in [2.24, 2.45) is 0 Å². The number of hydrogen-bond donors (Lipinski definition) is 1. The maximum Gasteiger partial charge on any atom is 0.241 e. The van der Waals surface area contributed by atoms with Gasteiger partial charge >= 0.3 is 0 Å². The minimum absolute atomic E-state index is 0.128. The van der Waals surface area contributed by atoms with Crippen LogP contribution in [-0.2, 0) is 13.8 Å². The third-order valence-electron chi connectivity index (χ3n) is 4.50. The van der Waals surface area contributed by atoms with Gasteiger partial charge in [0.2, 0.25) is 13.8 Å². The fourth-order valence-electron chi connectivity index (χ4n) is 3.03. The molecule has 0 unspecified atom stereocenters. The fraction of sp³-hybridized carbons (Fsp3) is 0.364. The van der Waals surface area contributed by atoms with Gasteiger partial charge in [-0.1, -0.05) is 116 Å². The molecule has 0 saturated carbocycles. The van der Waals surface area contributed by atoms with Gasteiger partial charge in [-0.3, -0.25) is 0 Å². The highest BCUT2D eigenvalue weighted by atomic mass is 35.6. The second kappa shape index (κ2) is 10.8. The molecule has 1 N–H and O–H groups in total. The number of halogens is 3. The zero-order valence-electron chi connectivity index (χ0n) is 16.5. The number of hydrogen-bond acceptors (Lipinski definition) is 2. The molecule has 0 spiro atoms. The van der Waals surface area contributed by atoms with Crippen LogP contribution in [0.2, 0.25) is 0 Å². The summed E-state index contributed by atoms with van der Waals surface area (Å²) >= 11 is 17.6. The highest BCUT2D eigenvalue weighted by Gasteiger charge is 2.26. The summed E-state index contributed by atoms with van der Waals surface area (Å²) in [6.45, 7) is 4.19. The first-order valence-electron chi connectivity index (χ1n) is 9.62. The van der Waals surface area contributed by atoms with E-state index in [1.165, 1.54) is 24.3 Å². The van der Waals surface area contributed by atoms with Crippen molar-refractivity contribution in [1.82, 2.24) is 4.72 Å². The fourth-order valence-corrected chi connectivity index (χ4v) is 4.64. The van der Waals surface area contributed by atoms with Crippen LogP contribution in [0.5, 0.6) is 0 Å². The first kappa shape index (κ1) is 24.2. The molecular formula is C22H26Cl3NO2S. The van der Waals surface area contributed by atoms with E-state index < -0.39 is 19.9 Å². The summed E-state index contributed by atoms with van der Waals surface area (Å²) in [5.74, 6) is 0. The van der Waals surface area contributed by atoms with Gasteiger partial charge in [0, 0.05) is 5.56 Å². The smallest absolute Gasteiger partial charge is 0.207 e. The average Bonchev–Trinajstić information content (AvgIpc) is 2.69. The molecule has 158 valence electrons. The number of allylic oxidation sites excluding steroid dienone is 1. The maximum absolute atomic E-state index is 13.1. The molecule has 2 aromatic rings. The van der Waals surface area contributed by atoms with Gasteiger partial charge in [0.25, 0.3) is 0 Å². The number of rotatable bonds is 9. The predicted octanol–water partition coefficient (Wildman–Crippen LogP) is 7.06. The highest BCUT2D eigenvalue weighted by molar-refractivity contribution is 7.89. The van der Waals surface area contributed by atoms with Gasteiger partial charge in [-0.15, -0.1) is 0 Å². The number of nitrogens with one attached hydrogen (secondary N) is 1. The highest BCUT2D eigenvalue weighted by Crippen LogP contribution is 2.38. The lowest BCUT2D eigenvalue weighted by Crippen LogP contribution is -2.30. The first-order chi connectivity index (χ1) is 13.7. The molecular weight excluding hydrogens is 449 g/mol. The predicted molar refractivity (Wildman–Crippen MR) is 123 cm³/mol. The molecule has 0 aliphatic carbocycles. The molecule has 7 heteroatoms. The summed E-state index contributed by atoms with van der Waals surface area (Å²) in [5.41, 5.74) is 2.39. The van der Waals surface area contributed by atoms with Crippen molar-refractivity contribution in [2.75, 3.05) is 0 Å². The van der Waals surface area contributed by atoms with Crippen LogP contribution >= 0.6 is 34.8 Å². The average molecular weight is 475 g/mol. The van der Waals surface area contributed by atoms with E-state index in [1.54, 1.807) is 0 Å². The van der Waals surface area contributed by atoms with Gasteiger partial charge in [-0.2, -0.15) is 4.72 Å². The molecule has 0 heterocycles. The third-order valence-corrected chi connectivity index (χ3v) is 6.60. The van der Waals surface area contributed by atoms with E-state index >= 15 is 0 Å². The molecule has 29 heavy (non-hydrogen) atoms. The lowest BCUT2D eigenvalue weighted by atomic mass is 9.95. The zero-order chi connectivity index (χ0) is 21.5. The zero-order valence-corrected chi connectivity index (χ0v) is 19.6. The summed E-state index contributed by atoms with van der Waals surface area (Å²) in [5, 5.41) is 0. The van der Waals surface area contributed by atoms with Crippen molar-refractivity contribution in [2.45, 2.75) is 54.3 Å². The van der Waals surface area contributed by atoms with Crippen molar-refractivity contribution in [3.8, 4) is 0 Å². The maximum atomic E-state index is 13.1.